The molecule has 1 heterocycles. The number of non-ortho nitro benzene ring substituents is 1. The Morgan fingerprint density at radius 1 is 1.45 bits per heavy atom. The lowest BCUT2D eigenvalue weighted by Gasteiger charge is -2.10. The Labute approximate surface area is 138 Å². The van der Waals surface area contributed by atoms with Crippen LogP contribution in [0.25, 0.3) is 0 Å². The van der Waals surface area contributed by atoms with Crippen LogP contribution in [0.1, 0.15) is 38.2 Å². The largest absolute Gasteiger partial charge is 0.322 e. The number of imidazole rings is 1. The van der Waals surface area contributed by atoms with Crippen LogP contribution in [0.3, 0.4) is 0 Å². The number of halogens is 1. The lowest BCUT2D eigenvalue weighted by atomic mass is 10.1. The van der Waals surface area contributed by atoms with Gasteiger partial charge in [0.2, 0.25) is 0 Å². The van der Waals surface area contributed by atoms with E-state index >= 15 is 0 Å². The SMILES string of the molecule is CCn1c(CCl)nc(C(C)C)c1Sc1cccc([N+](=O)[O-])c1. The van der Waals surface area contributed by atoms with Crippen molar-refractivity contribution in [1.82, 2.24) is 9.55 Å². The first-order chi connectivity index (χ1) is 10.5. The van der Waals surface area contributed by atoms with E-state index in [2.05, 4.69) is 23.4 Å². The molecule has 2 aromatic rings. The van der Waals surface area contributed by atoms with E-state index in [9.17, 15) is 10.1 Å². The number of nitro groups is 1. The van der Waals surface area contributed by atoms with Gasteiger partial charge >= 0.3 is 0 Å². The van der Waals surface area contributed by atoms with E-state index in [1.165, 1.54) is 17.8 Å². The Balaban J connectivity index is 2.45. The van der Waals surface area contributed by atoms with E-state index in [0.29, 0.717) is 5.88 Å². The molecular weight excluding hydrogens is 322 g/mol. The molecule has 0 saturated heterocycles. The highest BCUT2D eigenvalue weighted by molar-refractivity contribution is 7.99. The zero-order chi connectivity index (χ0) is 16.3. The summed E-state index contributed by atoms with van der Waals surface area (Å²) in [7, 11) is 0. The van der Waals surface area contributed by atoms with Crippen molar-refractivity contribution in [2.45, 2.75) is 49.0 Å². The van der Waals surface area contributed by atoms with Gasteiger partial charge < -0.3 is 4.57 Å². The van der Waals surface area contributed by atoms with Crippen LogP contribution in [0, 0.1) is 10.1 Å². The average molecular weight is 340 g/mol. The minimum atomic E-state index is -0.380. The molecule has 0 aliphatic heterocycles. The standard InChI is InChI=1S/C15H18ClN3O2S/c1-4-18-13(9-16)17-14(10(2)3)15(18)22-12-7-5-6-11(8-12)19(20)21/h5-8,10H,4,9H2,1-3H3. The van der Waals surface area contributed by atoms with Crippen molar-refractivity contribution >= 4 is 29.1 Å². The fourth-order valence-corrected chi connectivity index (χ4v) is 3.67. The van der Waals surface area contributed by atoms with Crippen LogP contribution in [0.5, 0.6) is 0 Å². The monoisotopic (exact) mass is 339 g/mol. The molecule has 0 amide bonds. The van der Waals surface area contributed by atoms with Crippen molar-refractivity contribution in [3.8, 4) is 0 Å². The number of hydrogen-bond donors (Lipinski definition) is 0. The molecule has 1 aromatic carbocycles. The zero-order valence-corrected chi connectivity index (χ0v) is 14.3. The Hall–Kier alpha value is -1.53. The molecule has 7 heteroatoms. The summed E-state index contributed by atoms with van der Waals surface area (Å²) in [6.45, 7) is 6.97. The Bertz CT molecular complexity index is 685. The van der Waals surface area contributed by atoms with Crippen molar-refractivity contribution < 1.29 is 4.92 Å². The molecule has 2 rings (SSSR count). The van der Waals surface area contributed by atoms with Gasteiger partial charge in [-0.25, -0.2) is 4.98 Å². The highest BCUT2D eigenvalue weighted by atomic mass is 35.5. The van der Waals surface area contributed by atoms with E-state index < -0.39 is 0 Å². The Morgan fingerprint density at radius 3 is 2.73 bits per heavy atom. The second kappa shape index (κ2) is 7.15. The van der Waals surface area contributed by atoms with Gasteiger partial charge in [0.1, 0.15) is 10.9 Å². The zero-order valence-electron chi connectivity index (χ0n) is 12.7. The summed E-state index contributed by atoms with van der Waals surface area (Å²) in [4.78, 5) is 16.0. The highest BCUT2D eigenvalue weighted by Crippen LogP contribution is 2.36. The van der Waals surface area contributed by atoms with Gasteiger partial charge in [-0.1, -0.05) is 31.7 Å². The lowest BCUT2D eigenvalue weighted by molar-refractivity contribution is -0.385. The Kier molecular flexibility index (Phi) is 5.47. The van der Waals surface area contributed by atoms with Gasteiger partial charge in [-0.2, -0.15) is 0 Å². The van der Waals surface area contributed by atoms with Gasteiger partial charge in [0.05, 0.1) is 16.5 Å². The van der Waals surface area contributed by atoms with Gasteiger partial charge in [-0.15, -0.1) is 11.6 Å². The van der Waals surface area contributed by atoms with Gasteiger partial charge in [0, 0.05) is 23.6 Å². The first-order valence-electron chi connectivity index (χ1n) is 7.05. The fourth-order valence-electron chi connectivity index (χ4n) is 2.19. The summed E-state index contributed by atoms with van der Waals surface area (Å²) in [5.74, 6) is 1.44. The summed E-state index contributed by atoms with van der Waals surface area (Å²) >= 11 is 7.49. The number of nitro benzene ring substituents is 1. The Morgan fingerprint density at radius 2 is 2.18 bits per heavy atom. The molecule has 0 atom stereocenters. The van der Waals surface area contributed by atoms with Crippen LogP contribution >= 0.6 is 23.4 Å². The molecule has 0 saturated carbocycles. The molecular formula is C15H18ClN3O2S. The van der Waals surface area contributed by atoms with Crippen molar-refractivity contribution in [1.29, 1.82) is 0 Å². The molecule has 1 aromatic heterocycles. The quantitative estimate of drug-likeness (QED) is 0.430. The van der Waals surface area contributed by atoms with E-state index in [1.54, 1.807) is 12.1 Å². The molecule has 0 aliphatic carbocycles. The minimum Gasteiger partial charge on any atom is -0.322 e. The van der Waals surface area contributed by atoms with Crippen molar-refractivity contribution in [2.75, 3.05) is 0 Å². The highest BCUT2D eigenvalue weighted by Gasteiger charge is 2.19. The molecule has 22 heavy (non-hydrogen) atoms. The topological polar surface area (TPSA) is 61.0 Å². The number of nitrogens with zero attached hydrogens (tertiary/aromatic N) is 3. The first kappa shape index (κ1) is 16.8. The molecule has 0 bridgehead atoms. The second-order valence-electron chi connectivity index (χ2n) is 5.11. The van der Waals surface area contributed by atoms with Crippen molar-refractivity contribution in [3.05, 3.63) is 45.9 Å². The van der Waals surface area contributed by atoms with E-state index in [4.69, 9.17) is 11.6 Å². The van der Waals surface area contributed by atoms with E-state index in [-0.39, 0.29) is 16.5 Å². The maximum absolute atomic E-state index is 10.9. The van der Waals surface area contributed by atoms with Gasteiger partial charge in [-0.3, -0.25) is 10.1 Å². The number of benzene rings is 1. The molecule has 0 fully saturated rings. The molecule has 5 nitrogen and oxygen atoms in total. The number of alkyl halides is 1. The predicted octanol–water partition coefficient (Wildman–Crippen LogP) is 4.82. The third-order valence-corrected chi connectivity index (χ3v) is 4.60. The minimum absolute atomic E-state index is 0.0937. The third-order valence-electron chi connectivity index (χ3n) is 3.25. The molecule has 0 radical (unpaired) electrons. The van der Waals surface area contributed by atoms with Gasteiger partial charge in [-0.05, 0) is 18.9 Å². The second-order valence-corrected chi connectivity index (χ2v) is 6.44. The lowest BCUT2D eigenvalue weighted by Crippen LogP contribution is -2.01. The molecule has 118 valence electrons. The van der Waals surface area contributed by atoms with E-state index in [1.807, 2.05) is 13.0 Å². The van der Waals surface area contributed by atoms with Crippen molar-refractivity contribution in [3.63, 3.8) is 0 Å². The summed E-state index contributed by atoms with van der Waals surface area (Å²) in [5, 5.41) is 11.9. The third kappa shape index (κ3) is 3.44. The number of hydrogen-bond acceptors (Lipinski definition) is 4. The van der Waals surface area contributed by atoms with Gasteiger partial charge in [0.15, 0.2) is 0 Å². The summed E-state index contributed by atoms with van der Waals surface area (Å²) < 4.78 is 2.08. The number of aromatic nitrogens is 2. The van der Waals surface area contributed by atoms with Crippen LogP contribution < -0.4 is 0 Å². The molecule has 0 spiro atoms. The smallest absolute Gasteiger partial charge is 0.270 e. The van der Waals surface area contributed by atoms with Crippen molar-refractivity contribution in [2.24, 2.45) is 0 Å². The van der Waals surface area contributed by atoms with Crippen LogP contribution in [-0.2, 0) is 12.4 Å². The molecule has 0 unspecified atom stereocenters. The average Bonchev–Trinajstić information content (AvgIpc) is 2.85. The normalized spacial score (nSPS) is 11.1. The first-order valence-corrected chi connectivity index (χ1v) is 8.40. The summed E-state index contributed by atoms with van der Waals surface area (Å²) in [6.07, 6.45) is 0. The van der Waals surface area contributed by atoms with Gasteiger partial charge in [0.25, 0.3) is 5.69 Å². The fraction of sp³-hybridized carbons (Fsp3) is 0.400. The van der Waals surface area contributed by atoms with Crippen LogP contribution in [0.4, 0.5) is 5.69 Å². The molecule has 0 aliphatic rings. The predicted molar refractivity (Wildman–Crippen MR) is 88.8 cm³/mol. The maximum atomic E-state index is 10.9. The summed E-state index contributed by atoms with van der Waals surface area (Å²) in [6, 6.07) is 6.65. The van der Waals surface area contributed by atoms with Crippen LogP contribution in [0.15, 0.2) is 34.2 Å². The molecule has 0 N–H and O–H groups in total. The number of rotatable bonds is 6. The van der Waals surface area contributed by atoms with E-state index in [0.717, 1.165) is 28.0 Å². The van der Waals surface area contributed by atoms with Crippen LogP contribution in [-0.4, -0.2) is 14.5 Å². The summed E-state index contributed by atoms with van der Waals surface area (Å²) in [5.41, 5.74) is 1.07. The maximum Gasteiger partial charge on any atom is 0.270 e. The van der Waals surface area contributed by atoms with Crippen LogP contribution in [0.2, 0.25) is 0 Å².